The molecule has 1 N–H and O–H groups in total. The molecule has 0 saturated carbocycles. The molecule has 1 fully saturated rings. The number of benzene rings is 1. The molecule has 0 amide bonds. The maximum absolute atomic E-state index is 5.63. The molecule has 1 aromatic carbocycles. The summed E-state index contributed by atoms with van der Waals surface area (Å²) in [6.45, 7) is 10.3. The zero-order valence-electron chi connectivity index (χ0n) is 10.6. The van der Waals surface area contributed by atoms with Crippen molar-refractivity contribution in [3.8, 4) is 0 Å². The smallest absolute Gasteiger partial charge is 0.0662 e. The van der Waals surface area contributed by atoms with Gasteiger partial charge in [-0.3, -0.25) is 0 Å². The van der Waals surface area contributed by atoms with Crippen LogP contribution in [-0.2, 0) is 4.74 Å². The second kappa shape index (κ2) is 4.56. The summed E-state index contributed by atoms with van der Waals surface area (Å²) >= 11 is 0. The highest BCUT2D eigenvalue weighted by Crippen LogP contribution is 2.25. The fourth-order valence-electron chi connectivity index (χ4n) is 2.71. The minimum Gasteiger partial charge on any atom is -0.378 e. The Bertz CT molecular complexity index is 363. The lowest BCUT2D eigenvalue weighted by Gasteiger charge is -2.31. The molecular weight excluding hydrogens is 198 g/mol. The number of aryl methyl sites for hydroxylation is 3. The average Bonchev–Trinajstić information content (AvgIpc) is 2.15. The number of hydrogen-bond donors (Lipinski definition) is 1. The lowest BCUT2D eigenvalue weighted by atomic mass is 9.93. The van der Waals surface area contributed by atoms with Gasteiger partial charge in [0.1, 0.15) is 0 Å². The highest BCUT2D eigenvalue weighted by molar-refractivity contribution is 5.39. The van der Waals surface area contributed by atoms with Crippen molar-refractivity contribution in [2.45, 2.75) is 39.8 Å². The summed E-state index contributed by atoms with van der Waals surface area (Å²) in [5.41, 5.74) is 5.49. The monoisotopic (exact) mass is 219 g/mol. The Morgan fingerprint density at radius 2 is 1.75 bits per heavy atom. The van der Waals surface area contributed by atoms with E-state index in [2.05, 4.69) is 45.1 Å². The van der Waals surface area contributed by atoms with Gasteiger partial charge in [-0.25, -0.2) is 0 Å². The minimum absolute atomic E-state index is 0.351. The van der Waals surface area contributed by atoms with Crippen LogP contribution in [0.2, 0.25) is 0 Å². The Labute approximate surface area is 98.0 Å². The fourth-order valence-corrected chi connectivity index (χ4v) is 2.71. The van der Waals surface area contributed by atoms with Crippen molar-refractivity contribution in [1.29, 1.82) is 0 Å². The lowest BCUT2D eigenvalue weighted by Crippen LogP contribution is -2.42. The molecule has 1 aliphatic heterocycles. The molecule has 2 nitrogen and oxygen atoms in total. The number of nitrogens with one attached hydrogen (secondary N) is 1. The van der Waals surface area contributed by atoms with Gasteiger partial charge in [0.2, 0.25) is 0 Å². The van der Waals surface area contributed by atoms with Crippen LogP contribution in [0, 0.1) is 20.8 Å². The number of ether oxygens (including phenoxy) is 1. The predicted molar refractivity (Wildman–Crippen MR) is 66.8 cm³/mol. The summed E-state index contributed by atoms with van der Waals surface area (Å²) < 4.78 is 5.63. The first-order valence-corrected chi connectivity index (χ1v) is 5.99. The van der Waals surface area contributed by atoms with Crippen LogP contribution in [0.1, 0.15) is 35.2 Å². The van der Waals surface area contributed by atoms with E-state index < -0.39 is 0 Å². The molecule has 1 saturated heterocycles. The Kier molecular flexibility index (Phi) is 3.31. The summed E-state index contributed by atoms with van der Waals surface area (Å²) in [6, 6.07) is 5.30. The summed E-state index contributed by atoms with van der Waals surface area (Å²) in [5.74, 6) is 0. The molecule has 2 atom stereocenters. The third kappa shape index (κ3) is 2.28. The fraction of sp³-hybridized carbons (Fsp3) is 0.571. The third-order valence-corrected chi connectivity index (χ3v) is 3.22. The van der Waals surface area contributed by atoms with Crippen LogP contribution in [-0.4, -0.2) is 19.3 Å². The molecule has 1 heterocycles. The van der Waals surface area contributed by atoms with Gasteiger partial charge < -0.3 is 10.1 Å². The summed E-state index contributed by atoms with van der Waals surface area (Å²) in [6.07, 6.45) is 0. The van der Waals surface area contributed by atoms with E-state index in [9.17, 15) is 0 Å². The Balaban J connectivity index is 2.32. The third-order valence-electron chi connectivity index (χ3n) is 3.22. The molecule has 16 heavy (non-hydrogen) atoms. The SMILES string of the molecule is Cc1cc(C)c(C2COCC(C)N2)c(C)c1. The molecule has 2 rings (SSSR count). The molecular formula is C14H21NO. The van der Waals surface area contributed by atoms with E-state index in [-0.39, 0.29) is 0 Å². The van der Waals surface area contributed by atoms with Crippen LogP contribution in [0.5, 0.6) is 0 Å². The van der Waals surface area contributed by atoms with Crippen molar-refractivity contribution < 1.29 is 4.74 Å². The Hall–Kier alpha value is -0.860. The van der Waals surface area contributed by atoms with Crippen molar-refractivity contribution >= 4 is 0 Å². The van der Waals surface area contributed by atoms with Crippen LogP contribution < -0.4 is 5.32 Å². The molecule has 1 aliphatic rings. The van der Waals surface area contributed by atoms with Gasteiger partial charge in [0.25, 0.3) is 0 Å². The largest absolute Gasteiger partial charge is 0.378 e. The molecule has 0 bridgehead atoms. The number of morpholine rings is 1. The first-order chi connectivity index (χ1) is 7.58. The van der Waals surface area contributed by atoms with E-state index in [0.717, 1.165) is 13.2 Å². The molecule has 0 aromatic heterocycles. The molecule has 0 radical (unpaired) electrons. The highest BCUT2D eigenvalue weighted by atomic mass is 16.5. The van der Waals surface area contributed by atoms with Crippen molar-refractivity contribution in [3.05, 3.63) is 34.4 Å². The molecule has 88 valence electrons. The minimum atomic E-state index is 0.351. The van der Waals surface area contributed by atoms with Gasteiger partial charge >= 0.3 is 0 Å². The van der Waals surface area contributed by atoms with Crippen LogP contribution in [0.15, 0.2) is 12.1 Å². The van der Waals surface area contributed by atoms with Gasteiger partial charge in [0.05, 0.1) is 19.3 Å². The standard InChI is InChI=1S/C14H21NO/c1-9-5-10(2)14(11(3)6-9)13-8-16-7-12(4)15-13/h5-6,12-13,15H,7-8H2,1-4H3. The summed E-state index contributed by atoms with van der Waals surface area (Å²) in [7, 11) is 0. The van der Waals surface area contributed by atoms with E-state index in [0.29, 0.717) is 12.1 Å². The molecule has 1 aromatic rings. The second-order valence-electron chi connectivity index (χ2n) is 4.97. The van der Waals surface area contributed by atoms with E-state index >= 15 is 0 Å². The van der Waals surface area contributed by atoms with Crippen molar-refractivity contribution in [2.75, 3.05) is 13.2 Å². The van der Waals surface area contributed by atoms with Crippen LogP contribution in [0.4, 0.5) is 0 Å². The lowest BCUT2D eigenvalue weighted by molar-refractivity contribution is 0.0500. The topological polar surface area (TPSA) is 21.3 Å². The predicted octanol–water partition coefficient (Wildman–Crippen LogP) is 2.66. The molecule has 0 aliphatic carbocycles. The van der Waals surface area contributed by atoms with Crippen molar-refractivity contribution in [1.82, 2.24) is 5.32 Å². The first kappa shape index (κ1) is 11.6. The number of hydrogen-bond acceptors (Lipinski definition) is 2. The van der Waals surface area contributed by atoms with E-state index in [1.165, 1.54) is 22.3 Å². The number of rotatable bonds is 1. The van der Waals surface area contributed by atoms with Crippen molar-refractivity contribution in [2.24, 2.45) is 0 Å². The van der Waals surface area contributed by atoms with E-state index in [1.54, 1.807) is 0 Å². The maximum Gasteiger partial charge on any atom is 0.0662 e. The molecule has 0 spiro atoms. The zero-order valence-corrected chi connectivity index (χ0v) is 10.6. The average molecular weight is 219 g/mol. The molecule has 2 unspecified atom stereocenters. The van der Waals surface area contributed by atoms with Gasteiger partial charge in [0, 0.05) is 6.04 Å². The molecule has 2 heteroatoms. The van der Waals surface area contributed by atoms with Gasteiger partial charge in [-0.1, -0.05) is 17.7 Å². The van der Waals surface area contributed by atoms with E-state index in [4.69, 9.17) is 4.74 Å². The van der Waals surface area contributed by atoms with Gasteiger partial charge in [-0.05, 0) is 44.4 Å². The first-order valence-electron chi connectivity index (χ1n) is 5.99. The van der Waals surface area contributed by atoms with Crippen LogP contribution >= 0.6 is 0 Å². The van der Waals surface area contributed by atoms with Gasteiger partial charge in [-0.2, -0.15) is 0 Å². The van der Waals surface area contributed by atoms with Gasteiger partial charge in [0.15, 0.2) is 0 Å². The maximum atomic E-state index is 5.63. The Morgan fingerprint density at radius 1 is 1.12 bits per heavy atom. The van der Waals surface area contributed by atoms with Crippen molar-refractivity contribution in [3.63, 3.8) is 0 Å². The normalized spacial score (nSPS) is 25.8. The quantitative estimate of drug-likeness (QED) is 0.784. The van der Waals surface area contributed by atoms with Crippen LogP contribution in [0.25, 0.3) is 0 Å². The van der Waals surface area contributed by atoms with Gasteiger partial charge in [-0.15, -0.1) is 0 Å². The second-order valence-corrected chi connectivity index (χ2v) is 4.97. The summed E-state index contributed by atoms with van der Waals surface area (Å²) in [5, 5.41) is 3.61. The zero-order chi connectivity index (χ0) is 11.7. The Morgan fingerprint density at radius 3 is 2.31 bits per heavy atom. The van der Waals surface area contributed by atoms with Crippen LogP contribution in [0.3, 0.4) is 0 Å². The summed E-state index contributed by atoms with van der Waals surface area (Å²) in [4.78, 5) is 0. The van der Waals surface area contributed by atoms with E-state index in [1.807, 2.05) is 0 Å². The highest BCUT2D eigenvalue weighted by Gasteiger charge is 2.22.